The number of sulfonamides is 1. The van der Waals surface area contributed by atoms with Crippen LogP contribution in [0.4, 0.5) is 27.8 Å². The van der Waals surface area contributed by atoms with Gasteiger partial charge in [-0.2, -0.15) is 0 Å². The molecule has 1 aromatic heterocycles. The first-order valence-electron chi connectivity index (χ1n) is 9.20. The van der Waals surface area contributed by atoms with E-state index in [2.05, 4.69) is 5.16 Å². The second kappa shape index (κ2) is 7.67. The third-order valence-corrected chi connectivity index (χ3v) is 5.93. The molecule has 13 heteroatoms. The van der Waals surface area contributed by atoms with Gasteiger partial charge in [0.05, 0.1) is 23.8 Å². The summed E-state index contributed by atoms with van der Waals surface area (Å²) in [6.07, 6.45) is 0.701. The highest BCUT2D eigenvalue weighted by molar-refractivity contribution is 7.88. The van der Waals surface area contributed by atoms with Crippen LogP contribution in [0.3, 0.4) is 0 Å². The molecule has 2 N–H and O–H groups in total. The SMILES string of the molecule is CS(=O)(=O)N[C@@H]1CN(c2noc3cc(F)cc(-c4c(F)cccc4F)c23)[C@H](CO)C1(F)F. The Morgan fingerprint density at radius 3 is 2.50 bits per heavy atom. The van der Waals surface area contributed by atoms with E-state index >= 15 is 0 Å². The molecule has 2 atom stereocenters. The third kappa shape index (κ3) is 3.69. The molecule has 32 heavy (non-hydrogen) atoms. The summed E-state index contributed by atoms with van der Waals surface area (Å²) >= 11 is 0. The number of aliphatic hydroxyl groups is 1. The normalized spacial score (nSPS) is 20.9. The van der Waals surface area contributed by atoms with Gasteiger partial charge in [0.25, 0.3) is 5.92 Å². The van der Waals surface area contributed by atoms with E-state index in [1.807, 2.05) is 4.72 Å². The van der Waals surface area contributed by atoms with E-state index in [1.165, 1.54) is 0 Å². The molecule has 0 aliphatic carbocycles. The molecule has 0 saturated carbocycles. The van der Waals surface area contributed by atoms with Crippen LogP contribution in [0.25, 0.3) is 22.1 Å². The van der Waals surface area contributed by atoms with Crippen LogP contribution in [0.15, 0.2) is 34.9 Å². The fourth-order valence-corrected chi connectivity index (χ4v) is 4.63. The number of halogens is 5. The molecule has 1 saturated heterocycles. The van der Waals surface area contributed by atoms with E-state index in [-0.39, 0.29) is 22.4 Å². The molecule has 2 aromatic carbocycles. The summed E-state index contributed by atoms with van der Waals surface area (Å²) in [6, 6.07) is 0.767. The first kappa shape index (κ1) is 22.4. The lowest BCUT2D eigenvalue weighted by molar-refractivity contribution is -0.0384. The lowest BCUT2D eigenvalue weighted by atomic mass is 9.99. The van der Waals surface area contributed by atoms with Crippen LogP contribution in [0.5, 0.6) is 0 Å². The number of nitrogens with one attached hydrogen (secondary N) is 1. The fourth-order valence-electron chi connectivity index (χ4n) is 3.89. The minimum Gasteiger partial charge on any atom is -0.394 e. The summed E-state index contributed by atoms with van der Waals surface area (Å²) in [7, 11) is -4.04. The van der Waals surface area contributed by atoms with Crippen molar-refractivity contribution in [2.24, 2.45) is 0 Å². The van der Waals surface area contributed by atoms with Gasteiger partial charge in [-0.1, -0.05) is 11.2 Å². The number of fused-ring (bicyclic) bond motifs is 1. The summed E-state index contributed by atoms with van der Waals surface area (Å²) in [6.45, 7) is -1.75. The number of nitrogens with zero attached hydrogens (tertiary/aromatic N) is 2. The molecule has 0 unspecified atom stereocenters. The Morgan fingerprint density at radius 2 is 1.91 bits per heavy atom. The van der Waals surface area contributed by atoms with Gasteiger partial charge in [-0.05, 0) is 18.2 Å². The van der Waals surface area contributed by atoms with Crippen LogP contribution in [0.2, 0.25) is 0 Å². The molecule has 0 spiro atoms. The molecule has 7 nitrogen and oxygen atoms in total. The summed E-state index contributed by atoms with van der Waals surface area (Å²) in [5, 5.41) is 13.1. The van der Waals surface area contributed by atoms with Crippen LogP contribution in [-0.4, -0.2) is 56.1 Å². The van der Waals surface area contributed by atoms with E-state index in [4.69, 9.17) is 4.52 Å². The monoisotopic (exact) mass is 477 g/mol. The van der Waals surface area contributed by atoms with Gasteiger partial charge < -0.3 is 14.5 Å². The minimum atomic E-state index is -4.04. The summed E-state index contributed by atoms with van der Waals surface area (Å²) in [5.74, 6) is -7.08. The van der Waals surface area contributed by atoms with Crippen molar-refractivity contribution in [3.8, 4) is 11.1 Å². The smallest absolute Gasteiger partial charge is 0.287 e. The number of alkyl halides is 2. The highest BCUT2D eigenvalue weighted by Gasteiger charge is 2.58. The number of anilines is 1. The summed E-state index contributed by atoms with van der Waals surface area (Å²) in [4.78, 5) is 0.870. The van der Waals surface area contributed by atoms with Crippen LogP contribution >= 0.6 is 0 Å². The zero-order chi connectivity index (χ0) is 23.4. The van der Waals surface area contributed by atoms with Crippen molar-refractivity contribution < 1.29 is 40.0 Å². The summed E-state index contributed by atoms with van der Waals surface area (Å²) in [5.41, 5.74) is -1.25. The standard InChI is InChI=1S/C19H16F5N3O4S/c1-32(29,30)26-14-7-27(15(8-28)19(14,23)24)18-17-10(5-9(20)6-13(17)31-25-18)16-11(21)3-2-4-12(16)22/h2-6,14-15,26,28H,7-8H2,1H3/t14-,15-/m1/s1. The maximum Gasteiger partial charge on any atom is 0.287 e. The second-order valence-electron chi connectivity index (χ2n) is 7.40. The van der Waals surface area contributed by atoms with E-state index in [0.717, 1.165) is 35.2 Å². The van der Waals surface area contributed by atoms with Crippen molar-refractivity contribution in [2.45, 2.75) is 18.0 Å². The highest BCUT2D eigenvalue weighted by Crippen LogP contribution is 2.43. The van der Waals surface area contributed by atoms with Crippen LogP contribution in [-0.2, 0) is 10.0 Å². The molecule has 2 heterocycles. The molecular formula is C19H16F5N3O4S. The lowest BCUT2D eigenvalue weighted by Crippen LogP contribution is -2.50. The van der Waals surface area contributed by atoms with Gasteiger partial charge in [0, 0.05) is 18.2 Å². The van der Waals surface area contributed by atoms with Crippen LogP contribution in [0.1, 0.15) is 0 Å². The van der Waals surface area contributed by atoms with E-state index in [9.17, 15) is 35.5 Å². The van der Waals surface area contributed by atoms with Crippen molar-refractivity contribution in [1.82, 2.24) is 9.88 Å². The number of aliphatic hydroxyl groups excluding tert-OH is 1. The predicted molar refractivity (Wildman–Crippen MR) is 104 cm³/mol. The first-order chi connectivity index (χ1) is 14.9. The zero-order valence-corrected chi connectivity index (χ0v) is 17.1. The molecule has 1 fully saturated rings. The second-order valence-corrected chi connectivity index (χ2v) is 9.18. The Morgan fingerprint density at radius 1 is 1.25 bits per heavy atom. The maximum atomic E-state index is 14.9. The zero-order valence-electron chi connectivity index (χ0n) is 16.3. The van der Waals surface area contributed by atoms with Crippen LogP contribution < -0.4 is 9.62 Å². The maximum absolute atomic E-state index is 14.9. The molecule has 1 aliphatic heterocycles. The molecular weight excluding hydrogens is 461 g/mol. The molecule has 4 rings (SSSR count). The van der Waals surface area contributed by atoms with Crippen molar-refractivity contribution in [2.75, 3.05) is 24.3 Å². The number of hydrogen-bond acceptors (Lipinski definition) is 6. The average Bonchev–Trinajstić information content (AvgIpc) is 3.18. The first-order valence-corrected chi connectivity index (χ1v) is 11.1. The van der Waals surface area contributed by atoms with Gasteiger partial charge in [0.2, 0.25) is 10.0 Å². The van der Waals surface area contributed by atoms with Gasteiger partial charge in [-0.15, -0.1) is 0 Å². The van der Waals surface area contributed by atoms with Crippen molar-refractivity contribution in [3.05, 3.63) is 47.8 Å². The van der Waals surface area contributed by atoms with Gasteiger partial charge in [0.1, 0.15) is 29.5 Å². The van der Waals surface area contributed by atoms with Crippen LogP contribution in [0, 0.1) is 17.5 Å². The molecule has 3 aromatic rings. The van der Waals surface area contributed by atoms with Crippen molar-refractivity contribution in [3.63, 3.8) is 0 Å². The quantitative estimate of drug-likeness (QED) is 0.549. The predicted octanol–water partition coefficient (Wildman–Crippen LogP) is 2.65. The van der Waals surface area contributed by atoms with Crippen molar-refractivity contribution in [1.29, 1.82) is 0 Å². The van der Waals surface area contributed by atoms with Gasteiger partial charge in [-0.25, -0.2) is 35.1 Å². The molecule has 0 amide bonds. The Bertz CT molecular complexity index is 1280. The number of rotatable bonds is 5. The summed E-state index contributed by atoms with van der Waals surface area (Å²) < 4.78 is 103. The fraction of sp³-hybridized carbons (Fsp3) is 0.316. The molecule has 0 bridgehead atoms. The average molecular weight is 477 g/mol. The third-order valence-electron chi connectivity index (χ3n) is 5.22. The van der Waals surface area contributed by atoms with Crippen molar-refractivity contribution >= 4 is 26.8 Å². The van der Waals surface area contributed by atoms with E-state index in [0.29, 0.717) is 6.26 Å². The number of hydrogen-bond donors (Lipinski definition) is 2. The van der Waals surface area contributed by atoms with E-state index < -0.39 is 64.2 Å². The Labute approximate surface area is 178 Å². The van der Waals surface area contributed by atoms with Gasteiger partial charge >= 0.3 is 0 Å². The number of aromatic nitrogens is 1. The Balaban J connectivity index is 1.93. The Hall–Kier alpha value is -2.77. The minimum absolute atomic E-state index is 0.176. The number of benzene rings is 2. The Kier molecular flexibility index (Phi) is 5.38. The highest BCUT2D eigenvalue weighted by atomic mass is 32.2. The van der Waals surface area contributed by atoms with Gasteiger partial charge in [-0.3, -0.25) is 0 Å². The molecule has 172 valence electrons. The van der Waals surface area contributed by atoms with Gasteiger partial charge in [0.15, 0.2) is 11.4 Å². The largest absolute Gasteiger partial charge is 0.394 e. The topological polar surface area (TPSA) is 95.7 Å². The molecule has 1 aliphatic rings. The molecule has 0 radical (unpaired) electrons. The van der Waals surface area contributed by atoms with E-state index in [1.54, 1.807) is 0 Å². The lowest BCUT2D eigenvalue weighted by Gasteiger charge is -2.26.